The maximum Gasteiger partial charge on any atom is 0.0916 e. The van der Waals surface area contributed by atoms with Gasteiger partial charge in [-0.25, -0.2) is 0 Å². The molecule has 0 atom stereocenters. The molecule has 0 amide bonds. The first-order valence-electron chi connectivity index (χ1n) is 11.4. The van der Waals surface area contributed by atoms with Gasteiger partial charge in [0.2, 0.25) is 0 Å². The third-order valence-corrected chi connectivity index (χ3v) is 4.98. The highest BCUT2D eigenvalue weighted by Crippen LogP contribution is 2.41. The van der Waals surface area contributed by atoms with Gasteiger partial charge in [0.25, 0.3) is 0 Å². The Kier molecular flexibility index (Phi) is 9.78. The normalized spacial score (nSPS) is 24.9. The van der Waals surface area contributed by atoms with E-state index in [4.69, 9.17) is 4.74 Å². The standard InChI is InChI=1S/C7H14N2.C7H12O.2C5H12/c1-3-8-5-7(1)2-4-9-6-7;1-2-4-7(5-3-1)6-8-7;2*1-5(2,3)4/h8-9H,1-6H2;1-6H2;2*1-4H3. The summed E-state index contributed by atoms with van der Waals surface area (Å²) in [7, 11) is 0. The zero-order valence-corrected chi connectivity index (χ0v) is 19.9. The van der Waals surface area contributed by atoms with Crippen molar-refractivity contribution in [2.45, 2.75) is 106 Å². The van der Waals surface area contributed by atoms with Crippen molar-refractivity contribution in [3.63, 3.8) is 0 Å². The van der Waals surface area contributed by atoms with Gasteiger partial charge in [0.05, 0.1) is 12.2 Å². The fourth-order valence-electron chi connectivity index (χ4n) is 3.54. The van der Waals surface area contributed by atoms with Crippen LogP contribution in [0.2, 0.25) is 0 Å². The van der Waals surface area contributed by atoms with Gasteiger partial charge in [0.15, 0.2) is 0 Å². The largest absolute Gasteiger partial charge is 0.370 e. The van der Waals surface area contributed by atoms with Gasteiger partial charge in [-0.1, -0.05) is 74.7 Å². The van der Waals surface area contributed by atoms with E-state index >= 15 is 0 Å². The average Bonchev–Trinajstić information content (AvgIpc) is 2.96. The molecule has 3 aliphatic heterocycles. The Labute approximate surface area is 170 Å². The lowest BCUT2D eigenvalue weighted by atomic mass is 9.87. The smallest absolute Gasteiger partial charge is 0.0916 e. The molecular formula is C24H50N2O. The Balaban J connectivity index is 0.000000188. The summed E-state index contributed by atoms with van der Waals surface area (Å²) >= 11 is 0. The highest BCUT2D eigenvalue weighted by Gasteiger charge is 2.44. The predicted octanol–water partition coefficient (Wildman–Crippen LogP) is 5.78. The number of nitrogens with one attached hydrogen (secondary N) is 2. The van der Waals surface area contributed by atoms with E-state index in [0.717, 1.165) is 6.61 Å². The second-order valence-electron chi connectivity index (χ2n) is 12.4. The Morgan fingerprint density at radius 1 is 0.630 bits per heavy atom. The fraction of sp³-hybridized carbons (Fsp3) is 1.00. The molecule has 3 heteroatoms. The van der Waals surface area contributed by atoms with E-state index in [1.165, 1.54) is 71.1 Å². The first-order valence-corrected chi connectivity index (χ1v) is 11.4. The van der Waals surface area contributed by atoms with Crippen molar-refractivity contribution in [3.8, 4) is 0 Å². The molecule has 0 unspecified atom stereocenters. The molecule has 1 saturated carbocycles. The molecule has 27 heavy (non-hydrogen) atoms. The molecule has 0 aromatic rings. The first-order chi connectivity index (χ1) is 12.3. The van der Waals surface area contributed by atoms with Crippen molar-refractivity contribution >= 4 is 0 Å². The van der Waals surface area contributed by atoms with Crippen LogP contribution >= 0.6 is 0 Å². The zero-order chi connectivity index (χ0) is 20.6. The van der Waals surface area contributed by atoms with Crippen LogP contribution in [0.1, 0.15) is 100 Å². The maximum absolute atomic E-state index is 5.34. The number of ether oxygens (including phenoxy) is 1. The van der Waals surface area contributed by atoms with Gasteiger partial charge in [-0.3, -0.25) is 0 Å². The van der Waals surface area contributed by atoms with Crippen molar-refractivity contribution < 1.29 is 4.74 Å². The zero-order valence-electron chi connectivity index (χ0n) is 19.9. The Hall–Kier alpha value is -0.120. The highest BCUT2D eigenvalue weighted by molar-refractivity contribution is 4.94. The Bertz CT molecular complexity index is 340. The summed E-state index contributed by atoms with van der Waals surface area (Å²) in [6.45, 7) is 23.5. The lowest BCUT2D eigenvalue weighted by Gasteiger charge is -2.18. The molecular weight excluding hydrogens is 332 g/mol. The topological polar surface area (TPSA) is 36.6 Å². The molecule has 162 valence electrons. The number of hydrogen-bond acceptors (Lipinski definition) is 3. The molecule has 4 fully saturated rings. The van der Waals surface area contributed by atoms with Crippen molar-refractivity contribution in [1.82, 2.24) is 10.6 Å². The average molecular weight is 383 g/mol. The van der Waals surface area contributed by atoms with Crippen LogP contribution in [0.5, 0.6) is 0 Å². The lowest BCUT2D eigenvalue weighted by Crippen LogP contribution is -2.26. The molecule has 3 saturated heterocycles. The van der Waals surface area contributed by atoms with E-state index in [1.54, 1.807) is 0 Å². The molecule has 2 spiro atoms. The second kappa shape index (κ2) is 10.6. The van der Waals surface area contributed by atoms with Gasteiger partial charge in [-0.2, -0.15) is 0 Å². The molecule has 1 aliphatic carbocycles. The second-order valence-corrected chi connectivity index (χ2v) is 12.4. The van der Waals surface area contributed by atoms with Gasteiger partial charge in [-0.05, 0) is 55.0 Å². The van der Waals surface area contributed by atoms with E-state index in [1.807, 2.05) is 0 Å². The van der Waals surface area contributed by atoms with Crippen LogP contribution in [0.25, 0.3) is 0 Å². The summed E-state index contributed by atoms with van der Waals surface area (Å²) in [5.41, 5.74) is 2.10. The van der Waals surface area contributed by atoms with E-state index in [0.29, 0.717) is 21.8 Å². The molecule has 0 radical (unpaired) electrons. The molecule has 3 nitrogen and oxygen atoms in total. The van der Waals surface area contributed by atoms with Gasteiger partial charge in [0.1, 0.15) is 0 Å². The van der Waals surface area contributed by atoms with E-state index in [9.17, 15) is 0 Å². The van der Waals surface area contributed by atoms with Crippen molar-refractivity contribution in [1.29, 1.82) is 0 Å². The fourth-order valence-corrected chi connectivity index (χ4v) is 3.54. The summed E-state index contributed by atoms with van der Waals surface area (Å²) in [4.78, 5) is 0. The third kappa shape index (κ3) is 13.7. The third-order valence-electron chi connectivity index (χ3n) is 4.98. The minimum Gasteiger partial charge on any atom is -0.370 e. The summed E-state index contributed by atoms with van der Waals surface area (Å²) in [6.07, 6.45) is 9.70. The van der Waals surface area contributed by atoms with Gasteiger partial charge in [-0.15, -0.1) is 0 Å². The molecule has 0 bridgehead atoms. The highest BCUT2D eigenvalue weighted by atomic mass is 16.6. The van der Waals surface area contributed by atoms with Crippen molar-refractivity contribution in [2.75, 3.05) is 32.8 Å². The molecule has 0 aromatic carbocycles. The molecule has 3 heterocycles. The first kappa shape index (κ1) is 24.9. The van der Waals surface area contributed by atoms with Crippen LogP contribution in [-0.4, -0.2) is 38.4 Å². The number of epoxide rings is 1. The summed E-state index contributed by atoms with van der Waals surface area (Å²) in [5, 5.41) is 6.83. The van der Waals surface area contributed by atoms with Gasteiger partial charge >= 0.3 is 0 Å². The quantitative estimate of drug-likeness (QED) is 0.521. The molecule has 2 N–H and O–H groups in total. The van der Waals surface area contributed by atoms with Crippen LogP contribution < -0.4 is 10.6 Å². The monoisotopic (exact) mass is 382 g/mol. The van der Waals surface area contributed by atoms with E-state index in [-0.39, 0.29) is 0 Å². The van der Waals surface area contributed by atoms with Crippen LogP contribution in [-0.2, 0) is 4.74 Å². The summed E-state index contributed by atoms with van der Waals surface area (Å²) in [5.74, 6) is 0. The van der Waals surface area contributed by atoms with Gasteiger partial charge < -0.3 is 15.4 Å². The van der Waals surface area contributed by atoms with Crippen LogP contribution in [0.15, 0.2) is 0 Å². The van der Waals surface area contributed by atoms with E-state index in [2.05, 4.69) is 66.0 Å². The number of hydrogen-bond donors (Lipinski definition) is 2. The van der Waals surface area contributed by atoms with Crippen molar-refractivity contribution in [3.05, 3.63) is 0 Å². The molecule has 4 aliphatic rings. The van der Waals surface area contributed by atoms with Crippen LogP contribution in [0.4, 0.5) is 0 Å². The molecule has 0 aromatic heterocycles. The van der Waals surface area contributed by atoms with E-state index < -0.39 is 0 Å². The Morgan fingerprint density at radius 3 is 1.22 bits per heavy atom. The minimum absolute atomic E-state index is 0.429. The summed E-state index contributed by atoms with van der Waals surface area (Å²) in [6, 6.07) is 0. The SMILES string of the molecule is C1CC2(CCNC2)CN1.C1CCC2(CC1)CO2.CC(C)(C)C.CC(C)(C)C. The van der Waals surface area contributed by atoms with Crippen molar-refractivity contribution in [2.24, 2.45) is 16.2 Å². The number of rotatable bonds is 0. The Morgan fingerprint density at radius 2 is 1.00 bits per heavy atom. The summed E-state index contributed by atoms with van der Waals surface area (Å²) < 4.78 is 5.34. The predicted molar refractivity (Wildman–Crippen MR) is 119 cm³/mol. The molecule has 4 rings (SSSR count). The van der Waals surface area contributed by atoms with Crippen LogP contribution in [0, 0.1) is 16.2 Å². The minimum atomic E-state index is 0.429. The van der Waals surface area contributed by atoms with Gasteiger partial charge in [0, 0.05) is 13.1 Å². The lowest BCUT2D eigenvalue weighted by molar-refractivity contribution is 0.237. The maximum atomic E-state index is 5.34. The van der Waals surface area contributed by atoms with Crippen LogP contribution in [0.3, 0.4) is 0 Å².